The normalized spacial score (nSPS) is 10.9. The van der Waals surface area contributed by atoms with E-state index < -0.39 is 0 Å². The number of H-pyrrole nitrogens is 1. The molecular weight excluding hydrogens is 212 g/mol. The van der Waals surface area contributed by atoms with Crippen molar-refractivity contribution in [3.8, 4) is 0 Å². The van der Waals surface area contributed by atoms with Crippen LogP contribution in [0.25, 0.3) is 11.0 Å². The van der Waals surface area contributed by atoms with Crippen LogP contribution in [0.4, 0.5) is 11.6 Å². The standard InChI is InChI=1S/C13H20N4/c1-3-4-5-8-17(2)13-15-11-7-6-10(14)9-12(11)16-13/h6-7,9H,3-5,8,14H2,1-2H3,(H,15,16). The van der Waals surface area contributed by atoms with Gasteiger partial charge in [-0.2, -0.15) is 0 Å². The summed E-state index contributed by atoms with van der Waals surface area (Å²) in [7, 11) is 2.07. The van der Waals surface area contributed by atoms with Crippen LogP contribution in [0.3, 0.4) is 0 Å². The predicted molar refractivity (Wildman–Crippen MR) is 73.3 cm³/mol. The lowest BCUT2D eigenvalue weighted by Crippen LogP contribution is -2.19. The van der Waals surface area contributed by atoms with Crippen molar-refractivity contribution >= 4 is 22.7 Å². The summed E-state index contributed by atoms with van der Waals surface area (Å²) in [6.07, 6.45) is 3.70. The Bertz CT molecular complexity index is 489. The molecule has 0 radical (unpaired) electrons. The third-order valence-corrected chi connectivity index (χ3v) is 2.95. The fraction of sp³-hybridized carbons (Fsp3) is 0.462. The van der Waals surface area contributed by atoms with Crippen molar-refractivity contribution in [1.29, 1.82) is 0 Å². The molecule has 2 aromatic rings. The second kappa shape index (κ2) is 5.08. The molecule has 1 aromatic carbocycles. The summed E-state index contributed by atoms with van der Waals surface area (Å²) in [6.45, 7) is 3.24. The molecule has 0 atom stereocenters. The fourth-order valence-electron chi connectivity index (χ4n) is 1.90. The third-order valence-electron chi connectivity index (χ3n) is 2.95. The van der Waals surface area contributed by atoms with Crippen molar-refractivity contribution < 1.29 is 0 Å². The number of benzene rings is 1. The lowest BCUT2D eigenvalue weighted by molar-refractivity contribution is 0.699. The van der Waals surface area contributed by atoms with Crippen LogP contribution >= 0.6 is 0 Å². The first-order valence-electron chi connectivity index (χ1n) is 6.17. The molecule has 0 bridgehead atoms. The van der Waals surface area contributed by atoms with Gasteiger partial charge in [0.2, 0.25) is 5.95 Å². The summed E-state index contributed by atoms with van der Waals surface area (Å²) >= 11 is 0. The van der Waals surface area contributed by atoms with Gasteiger partial charge in [0.1, 0.15) is 0 Å². The van der Waals surface area contributed by atoms with Gasteiger partial charge in [-0.05, 0) is 24.6 Å². The first kappa shape index (κ1) is 11.8. The van der Waals surface area contributed by atoms with Crippen molar-refractivity contribution in [1.82, 2.24) is 9.97 Å². The Kier molecular flexibility index (Phi) is 3.52. The number of hydrogen-bond donors (Lipinski definition) is 2. The third kappa shape index (κ3) is 2.70. The summed E-state index contributed by atoms with van der Waals surface area (Å²) in [4.78, 5) is 10.0. The molecule has 0 aliphatic rings. The topological polar surface area (TPSA) is 57.9 Å². The van der Waals surface area contributed by atoms with E-state index in [1.165, 1.54) is 19.3 Å². The molecule has 92 valence electrons. The summed E-state index contributed by atoms with van der Waals surface area (Å²) in [6, 6.07) is 5.75. The van der Waals surface area contributed by atoms with Gasteiger partial charge in [0, 0.05) is 19.3 Å². The summed E-state index contributed by atoms with van der Waals surface area (Å²) < 4.78 is 0. The summed E-state index contributed by atoms with van der Waals surface area (Å²) in [5, 5.41) is 0. The number of nitrogens with zero attached hydrogens (tertiary/aromatic N) is 2. The smallest absolute Gasteiger partial charge is 0.203 e. The van der Waals surface area contributed by atoms with Crippen molar-refractivity contribution in [3.63, 3.8) is 0 Å². The Hall–Kier alpha value is -1.71. The zero-order valence-corrected chi connectivity index (χ0v) is 10.5. The first-order chi connectivity index (χ1) is 8.20. The Balaban J connectivity index is 2.12. The molecule has 0 amide bonds. The molecule has 0 spiro atoms. The highest BCUT2D eigenvalue weighted by atomic mass is 15.2. The minimum absolute atomic E-state index is 0.765. The van der Waals surface area contributed by atoms with Gasteiger partial charge in [-0.3, -0.25) is 0 Å². The van der Waals surface area contributed by atoms with Gasteiger partial charge in [-0.25, -0.2) is 4.98 Å². The van der Waals surface area contributed by atoms with E-state index in [1.807, 2.05) is 18.2 Å². The van der Waals surface area contributed by atoms with Gasteiger partial charge in [0.25, 0.3) is 0 Å². The van der Waals surface area contributed by atoms with Crippen molar-refractivity contribution in [2.24, 2.45) is 0 Å². The van der Waals surface area contributed by atoms with Crippen LogP contribution in [-0.4, -0.2) is 23.6 Å². The average molecular weight is 232 g/mol. The van der Waals surface area contributed by atoms with Gasteiger partial charge in [0.05, 0.1) is 11.0 Å². The Morgan fingerprint density at radius 2 is 2.18 bits per heavy atom. The van der Waals surface area contributed by atoms with Crippen LogP contribution < -0.4 is 10.6 Å². The van der Waals surface area contributed by atoms with Crippen LogP contribution in [0.5, 0.6) is 0 Å². The van der Waals surface area contributed by atoms with Crippen molar-refractivity contribution in [2.45, 2.75) is 26.2 Å². The zero-order chi connectivity index (χ0) is 12.3. The maximum absolute atomic E-state index is 5.75. The van der Waals surface area contributed by atoms with Crippen LogP contribution in [0.15, 0.2) is 18.2 Å². The van der Waals surface area contributed by atoms with Crippen LogP contribution in [0, 0.1) is 0 Å². The van der Waals surface area contributed by atoms with Crippen molar-refractivity contribution in [3.05, 3.63) is 18.2 Å². The van der Waals surface area contributed by atoms with Gasteiger partial charge in [0.15, 0.2) is 0 Å². The van der Waals surface area contributed by atoms with E-state index in [2.05, 4.69) is 28.8 Å². The van der Waals surface area contributed by atoms with Crippen LogP contribution in [0.2, 0.25) is 0 Å². The number of fused-ring (bicyclic) bond motifs is 1. The van der Waals surface area contributed by atoms with E-state index in [4.69, 9.17) is 5.73 Å². The fourth-order valence-corrected chi connectivity index (χ4v) is 1.90. The highest BCUT2D eigenvalue weighted by molar-refractivity contribution is 5.80. The summed E-state index contributed by atoms with van der Waals surface area (Å²) in [5.41, 5.74) is 8.48. The molecule has 0 saturated heterocycles. The minimum Gasteiger partial charge on any atom is -0.399 e. The van der Waals surface area contributed by atoms with E-state index >= 15 is 0 Å². The number of imidazole rings is 1. The van der Waals surface area contributed by atoms with Gasteiger partial charge in [-0.15, -0.1) is 0 Å². The van der Waals surface area contributed by atoms with Crippen LogP contribution in [0.1, 0.15) is 26.2 Å². The summed E-state index contributed by atoms with van der Waals surface area (Å²) in [5.74, 6) is 0.918. The number of aromatic amines is 1. The molecule has 4 heteroatoms. The van der Waals surface area contributed by atoms with Crippen LogP contribution in [-0.2, 0) is 0 Å². The van der Waals surface area contributed by atoms with E-state index in [0.29, 0.717) is 0 Å². The maximum atomic E-state index is 5.75. The average Bonchev–Trinajstić information content (AvgIpc) is 2.72. The van der Waals surface area contributed by atoms with Gasteiger partial charge < -0.3 is 15.6 Å². The number of nitrogen functional groups attached to an aromatic ring is 1. The highest BCUT2D eigenvalue weighted by Crippen LogP contribution is 2.19. The quantitative estimate of drug-likeness (QED) is 0.615. The lowest BCUT2D eigenvalue weighted by atomic mass is 10.2. The van der Waals surface area contributed by atoms with E-state index in [1.54, 1.807) is 0 Å². The molecule has 0 unspecified atom stereocenters. The molecule has 1 aromatic heterocycles. The molecular formula is C13H20N4. The molecule has 0 fully saturated rings. The number of unbranched alkanes of at least 4 members (excludes halogenated alkanes) is 2. The second-order valence-corrected chi connectivity index (χ2v) is 4.47. The zero-order valence-electron chi connectivity index (χ0n) is 10.5. The molecule has 0 saturated carbocycles. The molecule has 1 heterocycles. The molecule has 3 N–H and O–H groups in total. The Labute approximate surface area is 102 Å². The molecule has 4 nitrogen and oxygen atoms in total. The van der Waals surface area contributed by atoms with E-state index in [-0.39, 0.29) is 0 Å². The molecule has 2 rings (SSSR count). The lowest BCUT2D eigenvalue weighted by Gasteiger charge is -2.14. The van der Waals surface area contributed by atoms with E-state index in [0.717, 1.165) is 29.2 Å². The SMILES string of the molecule is CCCCCN(C)c1nc2ccc(N)cc2[nH]1. The molecule has 0 aliphatic carbocycles. The van der Waals surface area contributed by atoms with E-state index in [9.17, 15) is 0 Å². The predicted octanol–water partition coefficient (Wildman–Crippen LogP) is 2.77. The molecule has 17 heavy (non-hydrogen) atoms. The number of rotatable bonds is 5. The maximum Gasteiger partial charge on any atom is 0.203 e. The second-order valence-electron chi connectivity index (χ2n) is 4.47. The molecule has 0 aliphatic heterocycles. The van der Waals surface area contributed by atoms with Gasteiger partial charge >= 0.3 is 0 Å². The number of hydrogen-bond acceptors (Lipinski definition) is 3. The largest absolute Gasteiger partial charge is 0.399 e. The van der Waals surface area contributed by atoms with Gasteiger partial charge in [-0.1, -0.05) is 19.8 Å². The minimum atomic E-state index is 0.765. The monoisotopic (exact) mass is 232 g/mol. The Morgan fingerprint density at radius 3 is 2.94 bits per heavy atom. The van der Waals surface area contributed by atoms with Crippen molar-refractivity contribution in [2.75, 3.05) is 24.2 Å². The highest BCUT2D eigenvalue weighted by Gasteiger charge is 2.06. The first-order valence-corrected chi connectivity index (χ1v) is 6.17. The number of nitrogens with two attached hydrogens (primary N) is 1. The number of aromatic nitrogens is 2. The Morgan fingerprint density at radius 1 is 1.35 bits per heavy atom. The number of nitrogens with one attached hydrogen (secondary N) is 1. The number of anilines is 2.